The highest BCUT2D eigenvalue weighted by Gasteiger charge is 2.29. The lowest BCUT2D eigenvalue weighted by molar-refractivity contribution is 1.53. The fraction of sp³-hybridized carbons (Fsp3) is 0.0303. The van der Waals surface area contributed by atoms with Crippen molar-refractivity contribution in [2.45, 2.75) is 6.92 Å². The summed E-state index contributed by atoms with van der Waals surface area (Å²) in [6, 6.07) is 26.1. The predicted molar refractivity (Wildman–Crippen MR) is 144 cm³/mol. The van der Waals surface area contributed by atoms with Crippen LogP contribution in [0.1, 0.15) is 40.3 Å². The van der Waals surface area contributed by atoms with Crippen LogP contribution in [-0.2, 0) is 0 Å². The van der Waals surface area contributed by atoms with Gasteiger partial charge in [-0.05, 0) is 84.8 Å². The van der Waals surface area contributed by atoms with Crippen LogP contribution in [-0.4, -0.2) is 0 Å². The van der Waals surface area contributed by atoms with Gasteiger partial charge in [-0.2, -0.15) is 0 Å². The van der Waals surface area contributed by atoms with Crippen LogP contribution in [0.5, 0.6) is 0 Å². The van der Waals surface area contributed by atoms with E-state index in [4.69, 9.17) is 0 Å². The number of hydrogen-bond donors (Lipinski definition) is 0. The molecule has 0 saturated heterocycles. The normalized spacial score (nSPS) is 14.0. The standard InChI is InChI=1S/C33H24/c1-5-21-28(16-18-30-26-14-9-8-12-24(26)20(4)32(21)30)29-17-19-31-27-15-11-10-13-25(27)22(6-2)33(31)23(29)7-3/h5-19H,1,3-4H2,2H3/b22-6-. The highest BCUT2D eigenvalue weighted by atomic mass is 14.3. The third-order valence-corrected chi connectivity index (χ3v) is 7.10. The molecule has 0 nitrogen and oxygen atoms in total. The van der Waals surface area contributed by atoms with Gasteiger partial charge in [0.15, 0.2) is 0 Å². The summed E-state index contributed by atoms with van der Waals surface area (Å²) in [7, 11) is 0. The average Bonchev–Trinajstić information content (AvgIpc) is 3.35. The van der Waals surface area contributed by atoms with E-state index in [1.807, 2.05) is 12.2 Å². The van der Waals surface area contributed by atoms with Gasteiger partial charge in [-0.15, -0.1) is 0 Å². The maximum Gasteiger partial charge on any atom is -0.00237 e. The molecule has 0 aliphatic heterocycles. The Hall–Kier alpha value is -4.16. The zero-order valence-electron chi connectivity index (χ0n) is 18.8. The van der Waals surface area contributed by atoms with Gasteiger partial charge in [0.1, 0.15) is 0 Å². The second kappa shape index (κ2) is 7.18. The maximum atomic E-state index is 4.46. The van der Waals surface area contributed by atoms with E-state index >= 15 is 0 Å². The lowest BCUT2D eigenvalue weighted by atomic mass is 9.85. The van der Waals surface area contributed by atoms with Crippen molar-refractivity contribution in [1.82, 2.24) is 0 Å². The number of rotatable bonds is 3. The van der Waals surface area contributed by atoms with Crippen LogP contribution in [0.15, 0.2) is 98.6 Å². The Morgan fingerprint density at radius 2 is 0.970 bits per heavy atom. The molecular weight excluding hydrogens is 396 g/mol. The van der Waals surface area contributed by atoms with E-state index in [0.29, 0.717) is 0 Å². The Bertz CT molecular complexity index is 1560. The zero-order valence-corrected chi connectivity index (χ0v) is 18.8. The van der Waals surface area contributed by atoms with E-state index in [0.717, 1.165) is 11.1 Å². The fourth-order valence-corrected chi connectivity index (χ4v) is 5.70. The van der Waals surface area contributed by atoms with E-state index in [2.05, 4.69) is 106 Å². The first kappa shape index (κ1) is 19.5. The molecule has 0 bridgehead atoms. The summed E-state index contributed by atoms with van der Waals surface area (Å²) in [5, 5.41) is 0. The van der Waals surface area contributed by atoms with Crippen molar-refractivity contribution < 1.29 is 0 Å². The van der Waals surface area contributed by atoms with E-state index in [1.165, 1.54) is 66.8 Å². The molecule has 4 aromatic carbocycles. The first-order valence-electron chi connectivity index (χ1n) is 11.3. The molecular formula is C33H24. The predicted octanol–water partition coefficient (Wildman–Crippen LogP) is 9.11. The van der Waals surface area contributed by atoms with Gasteiger partial charge in [-0.25, -0.2) is 0 Å². The molecule has 33 heavy (non-hydrogen) atoms. The minimum atomic E-state index is 1.07. The molecule has 4 aromatic rings. The van der Waals surface area contributed by atoms with Crippen LogP contribution < -0.4 is 0 Å². The summed E-state index contributed by atoms with van der Waals surface area (Å²) >= 11 is 0. The van der Waals surface area contributed by atoms with Crippen LogP contribution in [0.3, 0.4) is 0 Å². The van der Waals surface area contributed by atoms with Gasteiger partial charge in [0, 0.05) is 0 Å². The number of fused-ring (bicyclic) bond motifs is 6. The molecule has 0 atom stereocenters. The van der Waals surface area contributed by atoms with Gasteiger partial charge in [0.05, 0.1) is 0 Å². The largest absolute Gasteiger partial charge is 0.0984 e. The molecule has 156 valence electrons. The number of benzene rings is 4. The fourth-order valence-electron chi connectivity index (χ4n) is 5.70. The van der Waals surface area contributed by atoms with Crippen molar-refractivity contribution in [1.29, 1.82) is 0 Å². The smallest absolute Gasteiger partial charge is 0.00237 e. The molecule has 6 rings (SSSR count). The van der Waals surface area contributed by atoms with Gasteiger partial charge in [-0.1, -0.05) is 111 Å². The lowest BCUT2D eigenvalue weighted by Gasteiger charge is -2.18. The van der Waals surface area contributed by atoms with Gasteiger partial charge < -0.3 is 0 Å². The summed E-state index contributed by atoms with van der Waals surface area (Å²) in [6.07, 6.45) is 6.21. The first-order valence-corrected chi connectivity index (χ1v) is 11.3. The van der Waals surface area contributed by atoms with Crippen molar-refractivity contribution in [2.24, 2.45) is 0 Å². The molecule has 0 amide bonds. The Labute approximate surface area is 195 Å². The van der Waals surface area contributed by atoms with E-state index < -0.39 is 0 Å². The molecule has 0 saturated carbocycles. The third kappa shape index (κ3) is 2.52. The van der Waals surface area contributed by atoms with Crippen molar-refractivity contribution in [3.63, 3.8) is 0 Å². The Morgan fingerprint density at radius 3 is 1.55 bits per heavy atom. The SMILES string of the molecule is C=Cc1c(-c2ccc3c(c2C=C)/C(=C\C)c2ccccc2-3)ccc2c1C(=C)c1ccccc1-2. The van der Waals surface area contributed by atoms with Gasteiger partial charge in [-0.3, -0.25) is 0 Å². The maximum absolute atomic E-state index is 4.46. The van der Waals surface area contributed by atoms with Crippen molar-refractivity contribution in [3.05, 3.63) is 132 Å². The summed E-state index contributed by atoms with van der Waals surface area (Å²) in [5.41, 5.74) is 17.0. The quantitative estimate of drug-likeness (QED) is 0.268. The van der Waals surface area contributed by atoms with Crippen molar-refractivity contribution >= 4 is 23.3 Å². The van der Waals surface area contributed by atoms with E-state index in [9.17, 15) is 0 Å². The molecule has 0 unspecified atom stereocenters. The Kier molecular flexibility index (Phi) is 4.25. The molecule has 0 heterocycles. The van der Waals surface area contributed by atoms with Crippen LogP contribution in [0.4, 0.5) is 0 Å². The summed E-state index contributed by atoms with van der Waals surface area (Å²) in [6.45, 7) is 15.0. The molecule has 0 aromatic heterocycles. The van der Waals surface area contributed by atoms with Gasteiger partial charge in [0.2, 0.25) is 0 Å². The molecule has 0 N–H and O–H groups in total. The minimum Gasteiger partial charge on any atom is -0.0984 e. The topological polar surface area (TPSA) is 0 Å². The monoisotopic (exact) mass is 420 g/mol. The first-order chi connectivity index (χ1) is 16.2. The molecule has 2 aliphatic rings. The van der Waals surface area contributed by atoms with E-state index in [1.54, 1.807) is 0 Å². The lowest BCUT2D eigenvalue weighted by Crippen LogP contribution is -1.96. The zero-order chi connectivity index (χ0) is 22.7. The molecule has 0 heteroatoms. The van der Waals surface area contributed by atoms with Crippen molar-refractivity contribution in [3.8, 4) is 33.4 Å². The van der Waals surface area contributed by atoms with Crippen molar-refractivity contribution in [2.75, 3.05) is 0 Å². The van der Waals surface area contributed by atoms with Crippen LogP contribution >= 0.6 is 0 Å². The number of hydrogen-bond acceptors (Lipinski definition) is 0. The molecule has 2 aliphatic carbocycles. The van der Waals surface area contributed by atoms with Crippen LogP contribution in [0, 0.1) is 0 Å². The highest BCUT2D eigenvalue weighted by Crippen LogP contribution is 2.51. The second-order valence-electron chi connectivity index (χ2n) is 8.58. The molecule has 0 fully saturated rings. The molecule has 0 spiro atoms. The van der Waals surface area contributed by atoms with Crippen LogP contribution in [0.2, 0.25) is 0 Å². The second-order valence-corrected chi connectivity index (χ2v) is 8.58. The minimum absolute atomic E-state index is 1.07. The summed E-state index contributed by atoms with van der Waals surface area (Å²) in [4.78, 5) is 0. The van der Waals surface area contributed by atoms with Gasteiger partial charge in [0.25, 0.3) is 0 Å². The Balaban J connectivity index is 1.63. The number of allylic oxidation sites excluding steroid dienone is 1. The highest BCUT2D eigenvalue weighted by molar-refractivity contribution is 6.08. The molecule has 0 radical (unpaired) electrons. The van der Waals surface area contributed by atoms with Crippen LogP contribution in [0.25, 0.3) is 56.7 Å². The van der Waals surface area contributed by atoms with E-state index in [-0.39, 0.29) is 0 Å². The van der Waals surface area contributed by atoms with Gasteiger partial charge >= 0.3 is 0 Å². The third-order valence-electron chi connectivity index (χ3n) is 7.10. The average molecular weight is 421 g/mol. The summed E-state index contributed by atoms with van der Waals surface area (Å²) < 4.78 is 0. The summed E-state index contributed by atoms with van der Waals surface area (Å²) in [5.74, 6) is 0. The Morgan fingerprint density at radius 1 is 0.515 bits per heavy atom.